The highest BCUT2D eigenvalue weighted by Gasteiger charge is 2.29. The summed E-state index contributed by atoms with van der Waals surface area (Å²) >= 11 is 6.56. The Morgan fingerprint density at radius 3 is 2.78 bits per heavy atom. The Balaban J connectivity index is 1.35. The monoisotopic (exact) mass is 460 g/mol. The van der Waals surface area contributed by atoms with E-state index < -0.39 is 0 Å². The standard InChI is InChI=1S/C23H29ClN4O4/c1-3-25-23(30)16-4-5-19(17(24)12-16)28-8-6-27(7-9-28)13-15-10-18-22(20(11-15)31-2)32-14-21(29)26-18/h4,10-12,19H,3,5-9,13-14H2,1-2H3,(H,25,30)(H,26,29). The number of hydrogen-bond donors (Lipinski definition) is 2. The number of benzene rings is 1. The molecule has 0 saturated carbocycles. The molecule has 2 N–H and O–H groups in total. The van der Waals surface area contributed by atoms with Gasteiger partial charge in [0.15, 0.2) is 18.1 Å². The minimum atomic E-state index is -0.160. The molecular formula is C23H29ClN4O4. The normalized spacial score (nSPS) is 21.6. The number of carbonyl (C=O) groups is 2. The molecule has 2 amide bonds. The number of carbonyl (C=O) groups excluding carboxylic acids is 2. The maximum absolute atomic E-state index is 12.1. The van der Waals surface area contributed by atoms with Gasteiger partial charge in [-0.3, -0.25) is 19.4 Å². The molecule has 9 heteroatoms. The smallest absolute Gasteiger partial charge is 0.262 e. The Morgan fingerprint density at radius 2 is 2.09 bits per heavy atom. The van der Waals surface area contributed by atoms with Gasteiger partial charge in [-0.15, -0.1) is 0 Å². The van der Waals surface area contributed by atoms with Crippen LogP contribution in [0.1, 0.15) is 18.9 Å². The van der Waals surface area contributed by atoms with Crippen molar-refractivity contribution in [3.8, 4) is 11.5 Å². The number of nitrogens with zero attached hydrogens (tertiary/aromatic N) is 2. The van der Waals surface area contributed by atoms with Crippen molar-refractivity contribution < 1.29 is 19.1 Å². The van der Waals surface area contributed by atoms with Crippen LogP contribution >= 0.6 is 11.6 Å². The number of likely N-dealkylation sites (N-methyl/N-ethyl adjacent to an activating group) is 1. The fourth-order valence-electron chi connectivity index (χ4n) is 4.36. The average Bonchev–Trinajstić information content (AvgIpc) is 2.79. The van der Waals surface area contributed by atoms with Crippen molar-refractivity contribution in [3.63, 3.8) is 0 Å². The average molecular weight is 461 g/mol. The topological polar surface area (TPSA) is 83.1 Å². The van der Waals surface area contributed by atoms with E-state index in [9.17, 15) is 9.59 Å². The van der Waals surface area contributed by atoms with Gasteiger partial charge >= 0.3 is 0 Å². The summed E-state index contributed by atoms with van der Waals surface area (Å²) in [6.45, 7) is 6.83. The highest BCUT2D eigenvalue weighted by Crippen LogP contribution is 2.39. The van der Waals surface area contributed by atoms with Gasteiger partial charge in [-0.2, -0.15) is 0 Å². The van der Waals surface area contributed by atoms with E-state index in [1.54, 1.807) is 13.2 Å². The molecule has 1 saturated heterocycles. The Labute approximate surface area is 193 Å². The van der Waals surface area contributed by atoms with E-state index >= 15 is 0 Å². The molecule has 1 aromatic rings. The summed E-state index contributed by atoms with van der Waals surface area (Å²) in [5.41, 5.74) is 2.36. The molecule has 4 rings (SSSR count). The van der Waals surface area contributed by atoms with Crippen LogP contribution < -0.4 is 20.1 Å². The number of methoxy groups -OCH3 is 1. The summed E-state index contributed by atoms with van der Waals surface area (Å²) in [5.74, 6) is 0.979. The molecule has 1 atom stereocenters. The molecule has 1 fully saturated rings. The number of amides is 2. The van der Waals surface area contributed by atoms with Crippen LogP contribution in [0.3, 0.4) is 0 Å². The third-order valence-electron chi connectivity index (χ3n) is 5.98. The molecular weight excluding hydrogens is 432 g/mol. The van der Waals surface area contributed by atoms with Crippen molar-refractivity contribution in [2.45, 2.75) is 25.9 Å². The zero-order valence-corrected chi connectivity index (χ0v) is 19.2. The molecule has 0 spiro atoms. The van der Waals surface area contributed by atoms with E-state index in [2.05, 4.69) is 20.4 Å². The number of piperazine rings is 1. The second kappa shape index (κ2) is 9.94. The lowest BCUT2D eigenvalue weighted by molar-refractivity contribution is -0.119. The van der Waals surface area contributed by atoms with Gasteiger partial charge in [-0.1, -0.05) is 17.7 Å². The van der Waals surface area contributed by atoms with E-state index in [0.717, 1.165) is 49.7 Å². The van der Waals surface area contributed by atoms with Gasteiger partial charge in [0.25, 0.3) is 11.8 Å². The van der Waals surface area contributed by atoms with Crippen LogP contribution in [0, 0.1) is 0 Å². The van der Waals surface area contributed by atoms with E-state index in [1.807, 2.05) is 25.1 Å². The van der Waals surface area contributed by atoms with Crippen LogP contribution in [-0.4, -0.2) is 74.1 Å². The third kappa shape index (κ3) is 4.92. The maximum Gasteiger partial charge on any atom is 0.262 e. The van der Waals surface area contributed by atoms with Gasteiger partial charge in [-0.05, 0) is 37.1 Å². The largest absolute Gasteiger partial charge is 0.493 e. The Bertz CT molecular complexity index is 954. The summed E-state index contributed by atoms with van der Waals surface area (Å²) in [7, 11) is 1.60. The van der Waals surface area contributed by atoms with E-state index in [1.165, 1.54) is 0 Å². The number of anilines is 1. The lowest BCUT2D eigenvalue weighted by Gasteiger charge is -2.40. The zero-order chi connectivity index (χ0) is 22.7. The van der Waals surface area contributed by atoms with Gasteiger partial charge in [0.1, 0.15) is 0 Å². The molecule has 1 aliphatic carbocycles. The fraction of sp³-hybridized carbons (Fsp3) is 0.478. The minimum absolute atomic E-state index is 0.00278. The second-order valence-corrected chi connectivity index (χ2v) is 8.56. The summed E-state index contributed by atoms with van der Waals surface area (Å²) in [6.07, 6.45) is 4.51. The summed E-state index contributed by atoms with van der Waals surface area (Å²) < 4.78 is 11.0. The molecule has 8 nitrogen and oxygen atoms in total. The van der Waals surface area contributed by atoms with E-state index in [-0.39, 0.29) is 24.5 Å². The number of hydrogen-bond acceptors (Lipinski definition) is 6. The zero-order valence-electron chi connectivity index (χ0n) is 18.4. The van der Waals surface area contributed by atoms with Crippen LogP contribution in [0.25, 0.3) is 0 Å². The first-order valence-electron chi connectivity index (χ1n) is 10.9. The Morgan fingerprint density at radius 1 is 1.31 bits per heavy atom. The van der Waals surface area contributed by atoms with Gasteiger partial charge in [0.05, 0.1) is 12.8 Å². The van der Waals surface area contributed by atoms with Crippen molar-refractivity contribution in [1.82, 2.24) is 15.1 Å². The highest BCUT2D eigenvalue weighted by molar-refractivity contribution is 6.31. The van der Waals surface area contributed by atoms with Crippen LogP contribution in [0.2, 0.25) is 0 Å². The number of fused-ring (bicyclic) bond motifs is 1. The molecule has 0 aromatic heterocycles. The number of rotatable bonds is 6. The number of halogens is 1. The van der Waals surface area contributed by atoms with Gasteiger partial charge in [0, 0.05) is 55.9 Å². The van der Waals surface area contributed by atoms with Gasteiger partial charge in [-0.25, -0.2) is 0 Å². The maximum atomic E-state index is 12.1. The van der Waals surface area contributed by atoms with Crippen LogP contribution in [0.5, 0.6) is 11.5 Å². The van der Waals surface area contributed by atoms with Crippen LogP contribution in [-0.2, 0) is 16.1 Å². The van der Waals surface area contributed by atoms with Crippen molar-refractivity contribution in [2.24, 2.45) is 0 Å². The van der Waals surface area contributed by atoms with E-state index in [4.69, 9.17) is 21.1 Å². The van der Waals surface area contributed by atoms with Crippen molar-refractivity contribution in [3.05, 3.63) is 40.5 Å². The quantitative estimate of drug-likeness (QED) is 0.676. The molecule has 1 unspecified atom stereocenters. The minimum Gasteiger partial charge on any atom is -0.493 e. The second-order valence-electron chi connectivity index (χ2n) is 8.12. The molecule has 3 aliphatic rings. The van der Waals surface area contributed by atoms with Gasteiger partial charge in [0.2, 0.25) is 0 Å². The Kier molecular flexibility index (Phi) is 7.03. The van der Waals surface area contributed by atoms with Crippen molar-refractivity contribution >= 4 is 29.1 Å². The third-order valence-corrected chi connectivity index (χ3v) is 6.34. The molecule has 32 heavy (non-hydrogen) atoms. The molecule has 2 aliphatic heterocycles. The van der Waals surface area contributed by atoms with Crippen molar-refractivity contribution in [1.29, 1.82) is 0 Å². The molecule has 0 bridgehead atoms. The van der Waals surface area contributed by atoms with Gasteiger partial charge < -0.3 is 20.1 Å². The molecule has 2 heterocycles. The lowest BCUT2D eigenvalue weighted by atomic mass is 10.00. The summed E-state index contributed by atoms with van der Waals surface area (Å²) in [4.78, 5) is 28.5. The predicted octanol–water partition coefficient (Wildman–Crippen LogP) is 2.10. The molecule has 172 valence electrons. The SMILES string of the molecule is CCNC(=O)C1=CCC(N2CCN(Cc3cc4c(c(OC)c3)OCC(=O)N4)CC2)C(Cl)=C1. The lowest BCUT2D eigenvalue weighted by Crippen LogP contribution is -2.50. The van der Waals surface area contributed by atoms with Crippen LogP contribution in [0.4, 0.5) is 5.69 Å². The predicted molar refractivity (Wildman–Crippen MR) is 123 cm³/mol. The van der Waals surface area contributed by atoms with E-state index in [0.29, 0.717) is 29.3 Å². The summed E-state index contributed by atoms with van der Waals surface area (Å²) in [6, 6.07) is 4.04. The first-order chi connectivity index (χ1) is 15.5. The summed E-state index contributed by atoms with van der Waals surface area (Å²) in [5, 5.41) is 6.40. The molecule has 1 aromatic carbocycles. The highest BCUT2D eigenvalue weighted by atomic mass is 35.5. The molecule has 0 radical (unpaired) electrons. The number of nitrogens with one attached hydrogen (secondary N) is 2. The van der Waals surface area contributed by atoms with Crippen molar-refractivity contribution in [2.75, 3.05) is 51.8 Å². The number of ether oxygens (including phenoxy) is 2. The van der Waals surface area contributed by atoms with Crippen LogP contribution in [0.15, 0.2) is 34.9 Å². The first-order valence-corrected chi connectivity index (χ1v) is 11.3. The Hall–Kier alpha value is -2.55. The fourth-order valence-corrected chi connectivity index (χ4v) is 4.70. The first kappa shape index (κ1) is 22.6.